The largest absolute Gasteiger partial charge is 0.496 e. The Balaban J connectivity index is 2.60. The zero-order valence-electron chi connectivity index (χ0n) is 18.3. The predicted octanol–water partition coefficient (Wildman–Crippen LogP) is 7.64. The summed E-state index contributed by atoms with van der Waals surface area (Å²) in [6, 6.07) is 4.31. The normalized spacial score (nSPS) is 16.6. The molecule has 0 aliphatic carbocycles. The summed E-state index contributed by atoms with van der Waals surface area (Å²) in [4.78, 5) is 3.62. The minimum Gasteiger partial charge on any atom is -0.496 e. The SMILES string of the molecule is C=C/C=C(\C=C/C)N1CC(CCCC)(CCCC)NSc2cc(OC)c(Br)cc21. The van der Waals surface area contributed by atoms with Gasteiger partial charge in [-0.3, -0.25) is 4.72 Å². The summed E-state index contributed by atoms with van der Waals surface area (Å²) in [7, 11) is 1.72. The van der Waals surface area contributed by atoms with Gasteiger partial charge in [-0.1, -0.05) is 58.3 Å². The highest BCUT2D eigenvalue weighted by Gasteiger charge is 2.36. The van der Waals surface area contributed by atoms with E-state index < -0.39 is 0 Å². The number of rotatable bonds is 10. The fourth-order valence-electron chi connectivity index (χ4n) is 3.73. The molecular formula is C24H35BrN2OS. The van der Waals surface area contributed by atoms with Crippen LogP contribution in [0, 0.1) is 0 Å². The maximum Gasteiger partial charge on any atom is 0.134 e. The first-order valence-electron chi connectivity index (χ1n) is 10.6. The van der Waals surface area contributed by atoms with Crippen molar-refractivity contribution in [3.05, 3.63) is 53.2 Å². The third-order valence-corrected chi connectivity index (χ3v) is 7.02. The summed E-state index contributed by atoms with van der Waals surface area (Å²) in [6.07, 6.45) is 15.4. The Hall–Kier alpha value is -1.17. The molecular weight excluding hydrogens is 444 g/mol. The molecule has 1 aliphatic heterocycles. The molecule has 0 unspecified atom stereocenters. The van der Waals surface area contributed by atoms with Crippen LogP contribution in [0.3, 0.4) is 0 Å². The second-order valence-electron chi connectivity index (χ2n) is 7.56. The van der Waals surface area contributed by atoms with Gasteiger partial charge in [0.05, 0.1) is 22.2 Å². The molecule has 0 bridgehead atoms. The molecule has 1 aromatic rings. The summed E-state index contributed by atoms with van der Waals surface area (Å²) in [5.41, 5.74) is 2.40. The number of methoxy groups -OCH3 is 1. The van der Waals surface area contributed by atoms with Crippen LogP contribution in [0.25, 0.3) is 0 Å². The van der Waals surface area contributed by atoms with E-state index in [0.717, 1.165) is 35.3 Å². The van der Waals surface area contributed by atoms with Gasteiger partial charge in [-0.15, -0.1) is 0 Å². The standard InChI is InChI=1S/C24H35BrN2OS/c1-6-10-14-24(15-11-7-2)18-27(19(12-8-3)13-9-4)21-16-20(25)22(28-5)17-23(21)29-26-24/h8-9,12-13,16-17,26H,3,6-7,10-11,14-15,18H2,1-2,4-5H3/b13-9-,19-12+. The van der Waals surface area contributed by atoms with Crippen molar-refractivity contribution in [2.24, 2.45) is 0 Å². The van der Waals surface area contributed by atoms with E-state index in [0.29, 0.717) is 0 Å². The number of hydrogen-bond donors (Lipinski definition) is 1. The third-order valence-electron chi connectivity index (χ3n) is 5.32. The van der Waals surface area contributed by atoms with E-state index in [9.17, 15) is 0 Å². The van der Waals surface area contributed by atoms with Crippen LogP contribution in [-0.2, 0) is 0 Å². The van der Waals surface area contributed by atoms with Crippen LogP contribution in [0.1, 0.15) is 59.3 Å². The second-order valence-corrected chi connectivity index (χ2v) is 9.26. The first-order chi connectivity index (χ1) is 14.0. The van der Waals surface area contributed by atoms with Gasteiger partial charge >= 0.3 is 0 Å². The van der Waals surface area contributed by atoms with E-state index in [1.807, 2.05) is 6.08 Å². The van der Waals surface area contributed by atoms with Crippen molar-refractivity contribution in [3.63, 3.8) is 0 Å². The minimum atomic E-state index is 0.0528. The quantitative estimate of drug-likeness (QED) is 0.275. The molecule has 5 heteroatoms. The van der Waals surface area contributed by atoms with Gasteiger partial charge in [0.2, 0.25) is 0 Å². The average molecular weight is 480 g/mol. The Morgan fingerprint density at radius 2 is 2.00 bits per heavy atom. The highest BCUT2D eigenvalue weighted by molar-refractivity contribution is 9.10. The number of nitrogens with zero attached hydrogens (tertiary/aromatic N) is 1. The van der Waals surface area contributed by atoms with E-state index in [1.165, 1.54) is 36.3 Å². The average Bonchev–Trinajstić information content (AvgIpc) is 2.87. The lowest BCUT2D eigenvalue weighted by molar-refractivity contribution is 0.327. The number of ether oxygens (including phenoxy) is 1. The van der Waals surface area contributed by atoms with Gasteiger partial charge in [-0.2, -0.15) is 0 Å². The molecule has 0 spiro atoms. The van der Waals surface area contributed by atoms with Crippen LogP contribution in [0.15, 0.2) is 58.1 Å². The third kappa shape index (κ3) is 6.16. The number of unbranched alkanes of at least 4 members (excludes halogenated alkanes) is 2. The molecule has 1 aromatic carbocycles. The molecule has 0 saturated carbocycles. The topological polar surface area (TPSA) is 24.5 Å². The molecule has 0 saturated heterocycles. The van der Waals surface area contributed by atoms with Gasteiger partial charge in [-0.05, 0) is 71.9 Å². The van der Waals surface area contributed by atoms with Crippen LogP contribution >= 0.6 is 27.9 Å². The number of nitrogens with one attached hydrogen (secondary N) is 1. The van der Waals surface area contributed by atoms with Crippen molar-refractivity contribution in [2.45, 2.75) is 69.7 Å². The van der Waals surface area contributed by atoms with E-state index in [1.54, 1.807) is 19.1 Å². The fraction of sp³-hybridized carbons (Fsp3) is 0.500. The van der Waals surface area contributed by atoms with E-state index in [2.05, 4.69) is 83.3 Å². The van der Waals surface area contributed by atoms with E-state index >= 15 is 0 Å². The van der Waals surface area contributed by atoms with Crippen molar-refractivity contribution in [1.29, 1.82) is 0 Å². The number of benzene rings is 1. The molecule has 0 radical (unpaired) electrons. The Morgan fingerprint density at radius 3 is 2.55 bits per heavy atom. The Labute approximate surface area is 189 Å². The van der Waals surface area contributed by atoms with Gasteiger partial charge in [0.1, 0.15) is 5.75 Å². The van der Waals surface area contributed by atoms with Gasteiger partial charge in [-0.25, -0.2) is 0 Å². The zero-order valence-corrected chi connectivity index (χ0v) is 20.7. The lowest BCUT2D eigenvalue weighted by Crippen LogP contribution is -2.49. The molecule has 29 heavy (non-hydrogen) atoms. The summed E-state index contributed by atoms with van der Waals surface area (Å²) < 4.78 is 10.4. The van der Waals surface area contributed by atoms with Crippen molar-refractivity contribution in [3.8, 4) is 5.75 Å². The van der Waals surface area contributed by atoms with Crippen molar-refractivity contribution < 1.29 is 4.74 Å². The second kappa shape index (κ2) is 11.9. The first kappa shape index (κ1) is 24.1. The van der Waals surface area contributed by atoms with Gasteiger partial charge in [0, 0.05) is 17.8 Å². The molecule has 0 fully saturated rings. The first-order valence-corrected chi connectivity index (χ1v) is 12.2. The number of allylic oxidation sites excluding steroid dienone is 4. The Bertz CT molecular complexity index is 737. The fourth-order valence-corrected chi connectivity index (χ4v) is 5.26. The zero-order chi connectivity index (χ0) is 21.3. The molecule has 0 aromatic heterocycles. The number of fused-ring (bicyclic) bond motifs is 1. The smallest absolute Gasteiger partial charge is 0.134 e. The predicted molar refractivity (Wildman–Crippen MR) is 132 cm³/mol. The minimum absolute atomic E-state index is 0.0528. The monoisotopic (exact) mass is 478 g/mol. The van der Waals surface area contributed by atoms with Gasteiger partial charge in [0.15, 0.2) is 0 Å². The summed E-state index contributed by atoms with van der Waals surface area (Å²) in [6.45, 7) is 11.5. The van der Waals surface area contributed by atoms with Gasteiger partial charge in [0.25, 0.3) is 0 Å². The van der Waals surface area contributed by atoms with Crippen LogP contribution in [0.4, 0.5) is 5.69 Å². The van der Waals surface area contributed by atoms with Crippen LogP contribution in [0.2, 0.25) is 0 Å². The molecule has 0 atom stereocenters. The van der Waals surface area contributed by atoms with Crippen molar-refractivity contribution in [2.75, 3.05) is 18.6 Å². The summed E-state index contributed by atoms with van der Waals surface area (Å²) in [5, 5.41) is 0. The maximum atomic E-state index is 5.57. The molecule has 160 valence electrons. The lowest BCUT2D eigenvalue weighted by Gasteiger charge is -2.38. The summed E-state index contributed by atoms with van der Waals surface area (Å²) >= 11 is 5.43. The molecule has 1 N–H and O–H groups in total. The van der Waals surface area contributed by atoms with Crippen molar-refractivity contribution >= 4 is 33.6 Å². The number of halogens is 1. The maximum absolute atomic E-state index is 5.57. The lowest BCUT2D eigenvalue weighted by atomic mass is 9.87. The number of hydrogen-bond acceptors (Lipinski definition) is 4. The highest BCUT2D eigenvalue weighted by Crippen LogP contribution is 2.44. The molecule has 1 aliphatic rings. The summed E-state index contributed by atoms with van der Waals surface area (Å²) in [5.74, 6) is 0.855. The highest BCUT2D eigenvalue weighted by atomic mass is 79.9. The van der Waals surface area contributed by atoms with Crippen LogP contribution in [0.5, 0.6) is 5.75 Å². The van der Waals surface area contributed by atoms with Crippen LogP contribution in [-0.4, -0.2) is 19.2 Å². The Kier molecular flexibility index (Phi) is 9.87. The van der Waals surface area contributed by atoms with Crippen molar-refractivity contribution in [1.82, 2.24) is 4.72 Å². The van der Waals surface area contributed by atoms with E-state index in [-0.39, 0.29) is 5.54 Å². The van der Waals surface area contributed by atoms with Gasteiger partial charge < -0.3 is 9.64 Å². The van der Waals surface area contributed by atoms with E-state index in [4.69, 9.17) is 4.74 Å². The van der Waals surface area contributed by atoms with Crippen LogP contribution < -0.4 is 14.4 Å². The molecule has 1 heterocycles. The molecule has 3 nitrogen and oxygen atoms in total. The molecule has 0 amide bonds. The molecule has 2 rings (SSSR count). The number of anilines is 1. The Morgan fingerprint density at radius 1 is 1.31 bits per heavy atom.